The molecule has 6 heteroatoms. The average Bonchev–Trinajstić information content (AvgIpc) is 2.89. The van der Waals surface area contributed by atoms with Crippen molar-refractivity contribution in [3.8, 4) is 0 Å². The predicted molar refractivity (Wildman–Crippen MR) is 91.8 cm³/mol. The molecule has 24 heavy (non-hydrogen) atoms. The normalized spacial score (nSPS) is 21.5. The van der Waals surface area contributed by atoms with E-state index in [0.717, 1.165) is 19.4 Å². The second kappa shape index (κ2) is 8.19. The molecule has 0 radical (unpaired) electrons. The van der Waals surface area contributed by atoms with Crippen LogP contribution in [0.4, 0.5) is 4.79 Å². The van der Waals surface area contributed by atoms with Crippen LogP contribution in [0.25, 0.3) is 0 Å². The molecular weight excluding hydrogens is 308 g/mol. The Bertz CT molecular complexity index is 438. The van der Waals surface area contributed by atoms with Crippen LogP contribution in [0.15, 0.2) is 0 Å². The first-order chi connectivity index (χ1) is 11.5. The number of ether oxygens (including phenoxy) is 2. The fraction of sp³-hybridized carbons (Fsp3) is 0.889. The first-order valence-corrected chi connectivity index (χ1v) is 9.28. The van der Waals surface area contributed by atoms with Crippen molar-refractivity contribution in [1.82, 2.24) is 9.80 Å². The van der Waals surface area contributed by atoms with E-state index in [1.807, 2.05) is 16.7 Å². The van der Waals surface area contributed by atoms with Crippen LogP contribution in [0.2, 0.25) is 0 Å². The number of methoxy groups -OCH3 is 1. The number of nitrogens with zero attached hydrogens (tertiary/aromatic N) is 2. The van der Waals surface area contributed by atoms with Gasteiger partial charge in [-0.3, -0.25) is 4.79 Å². The molecule has 1 spiro atoms. The lowest BCUT2D eigenvalue weighted by Gasteiger charge is -2.38. The summed E-state index contributed by atoms with van der Waals surface area (Å²) in [5.41, 5.74) is -0.408. The van der Waals surface area contributed by atoms with Gasteiger partial charge in [0.25, 0.3) is 5.91 Å². The maximum absolute atomic E-state index is 12.4. The van der Waals surface area contributed by atoms with Gasteiger partial charge in [0.05, 0.1) is 6.54 Å². The third kappa shape index (κ3) is 4.02. The van der Waals surface area contributed by atoms with Gasteiger partial charge in [-0.25, -0.2) is 4.79 Å². The summed E-state index contributed by atoms with van der Waals surface area (Å²) >= 11 is 0. The van der Waals surface area contributed by atoms with Gasteiger partial charge in [0, 0.05) is 39.6 Å². The molecule has 0 bridgehead atoms. The lowest BCUT2D eigenvalue weighted by molar-refractivity contribution is -0.145. The third-order valence-electron chi connectivity index (χ3n) is 5.59. The van der Waals surface area contributed by atoms with E-state index in [1.54, 1.807) is 7.11 Å². The minimum Gasteiger partial charge on any atom is -0.441 e. The summed E-state index contributed by atoms with van der Waals surface area (Å²) in [4.78, 5) is 28.3. The highest BCUT2D eigenvalue weighted by Crippen LogP contribution is 2.34. The van der Waals surface area contributed by atoms with E-state index >= 15 is 0 Å². The number of hydrogen-bond donors (Lipinski definition) is 0. The Labute approximate surface area is 145 Å². The number of rotatable bonds is 7. The minimum absolute atomic E-state index is 0.0491. The van der Waals surface area contributed by atoms with Gasteiger partial charge >= 0.3 is 6.09 Å². The molecule has 0 aromatic heterocycles. The molecule has 1 atom stereocenters. The largest absolute Gasteiger partial charge is 0.441 e. The van der Waals surface area contributed by atoms with Crippen molar-refractivity contribution in [2.75, 3.05) is 33.3 Å². The second-order valence-corrected chi connectivity index (χ2v) is 7.07. The minimum atomic E-state index is -0.408. The molecule has 0 saturated carbocycles. The molecule has 2 heterocycles. The van der Waals surface area contributed by atoms with E-state index in [-0.39, 0.29) is 18.1 Å². The van der Waals surface area contributed by atoms with Crippen molar-refractivity contribution < 1.29 is 19.1 Å². The second-order valence-electron chi connectivity index (χ2n) is 7.07. The molecule has 2 saturated heterocycles. The lowest BCUT2D eigenvalue weighted by Crippen LogP contribution is -2.51. The molecule has 1 unspecified atom stereocenters. The zero-order chi connectivity index (χ0) is 17.7. The van der Waals surface area contributed by atoms with E-state index in [4.69, 9.17) is 9.47 Å². The average molecular weight is 340 g/mol. The fourth-order valence-corrected chi connectivity index (χ4v) is 3.73. The Kier molecular flexibility index (Phi) is 6.49. The Hall–Kier alpha value is -1.30. The molecule has 2 aliphatic heterocycles. The van der Waals surface area contributed by atoms with Gasteiger partial charge in [-0.05, 0) is 12.3 Å². The van der Waals surface area contributed by atoms with Crippen LogP contribution in [-0.2, 0) is 14.3 Å². The molecule has 0 N–H and O–H groups in total. The van der Waals surface area contributed by atoms with Crippen molar-refractivity contribution in [2.24, 2.45) is 5.92 Å². The SMILES string of the molecule is CCC(CC)CN1CC2(CCN(C(=O)C(CC)OC)CC2)OC1=O. The Morgan fingerprint density at radius 1 is 1.21 bits per heavy atom. The van der Waals surface area contributed by atoms with Gasteiger partial charge in [0.2, 0.25) is 0 Å². The Morgan fingerprint density at radius 2 is 1.83 bits per heavy atom. The topological polar surface area (TPSA) is 59.1 Å². The summed E-state index contributed by atoms with van der Waals surface area (Å²) in [7, 11) is 1.58. The number of carbonyl (C=O) groups is 2. The summed E-state index contributed by atoms with van der Waals surface area (Å²) in [6.07, 6.45) is 3.70. The molecule has 0 aromatic rings. The number of carbonyl (C=O) groups excluding carboxylic acids is 2. The zero-order valence-electron chi connectivity index (χ0n) is 15.5. The molecule has 2 fully saturated rings. The molecule has 2 aliphatic rings. The summed E-state index contributed by atoms with van der Waals surface area (Å²) in [5.74, 6) is 0.578. The number of likely N-dealkylation sites (tertiary alicyclic amines) is 1. The van der Waals surface area contributed by atoms with Gasteiger partial charge in [-0.15, -0.1) is 0 Å². The molecule has 2 rings (SSSR count). The summed E-state index contributed by atoms with van der Waals surface area (Å²) < 4.78 is 11.0. The van der Waals surface area contributed by atoms with Crippen LogP contribution >= 0.6 is 0 Å². The van der Waals surface area contributed by atoms with Gasteiger partial charge < -0.3 is 19.3 Å². The van der Waals surface area contributed by atoms with Crippen LogP contribution in [0, 0.1) is 5.92 Å². The highest BCUT2D eigenvalue weighted by Gasteiger charge is 2.48. The van der Waals surface area contributed by atoms with E-state index in [9.17, 15) is 9.59 Å². The van der Waals surface area contributed by atoms with Gasteiger partial charge in [0.15, 0.2) is 0 Å². The number of hydrogen-bond acceptors (Lipinski definition) is 4. The van der Waals surface area contributed by atoms with Gasteiger partial charge in [-0.2, -0.15) is 0 Å². The lowest BCUT2D eigenvalue weighted by atomic mass is 9.90. The number of piperidine rings is 1. The van der Waals surface area contributed by atoms with Gasteiger partial charge in [0.1, 0.15) is 11.7 Å². The number of amides is 2. The smallest absolute Gasteiger partial charge is 0.410 e. The monoisotopic (exact) mass is 340 g/mol. The van der Waals surface area contributed by atoms with Crippen LogP contribution in [0.3, 0.4) is 0 Å². The fourth-order valence-electron chi connectivity index (χ4n) is 3.73. The van der Waals surface area contributed by atoms with Crippen LogP contribution < -0.4 is 0 Å². The summed E-state index contributed by atoms with van der Waals surface area (Å²) in [6, 6.07) is 0. The van der Waals surface area contributed by atoms with E-state index in [2.05, 4.69) is 13.8 Å². The first kappa shape index (κ1) is 19.0. The standard InChI is InChI=1S/C18H32N2O4/c1-5-14(6-2)12-20-13-18(24-17(20)22)8-10-19(11-9-18)16(21)15(7-3)23-4/h14-15H,5-13H2,1-4H3. The van der Waals surface area contributed by atoms with Crippen molar-refractivity contribution in [3.63, 3.8) is 0 Å². The van der Waals surface area contributed by atoms with Gasteiger partial charge in [-0.1, -0.05) is 33.6 Å². The van der Waals surface area contributed by atoms with E-state index in [0.29, 0.717) is 44.8 Å². The van der Waals surface area contributed by atoms with Crippen LogP contribution in [-0.4, -0.2) is 66.8 Å². The molecule has 0 aromatic carbocycles. The van der Waals surface area contributed by atoms with Crippen LogP contribution in [0.5, 0.6) is 0 Å². The molecule has 6 nitrogen and oxygen atoms in total. The first-order valence-electron chi connectivity index (χ1n) is 9.28. The Morgan fingerprint density at radius 3 is 2.33 bits per heavy atom. The molecule has 138 valence electrons. The maximum Gasteiger partial charge on any atom is 0.410 e. The summed E-state index contributed by atoms with van der Waals surface area (Å²) in [5, 5.41) is 0. The Balaban J connectivity index is 1.91. The molecule has 0 aliphatic carbocycles. The maximum atomic E-state index is 12.4. The van der Waals surface area contributed by atoms with Crippen molar-refractivity contribution >= 4 is 12.0 Å². The van der Waals surface area contributed by atoms with E-state index in [1.165, 1.54) is 0 Å². The molecular formula is C18H32N2O4. The third-order valence-corrected chi connectivity index (χ3v) is 5.59. The summed E-state index contributed by atoms with van der Waals surface area (Å²) in [6.45, 7) is 8.97. The van der Waals surface area contributed by atoms with Crippen molar-refractivity contribution in [3.05, 3.63) is 0 Å². The predicted octanol–water partition coefficient (Wildman–Crippen LogP) is 2.66. The van der Waals surface area contributed by atoms with Crippen molar-refractivity contribution in [1.29, 1.82) is 0 Å². The quantitative estimate of drug-likeness (QED) is 0.715. The zero-order valence-corrected chi connectivity index (χ0v) is 15.5. The van der Waals surface area contributed by atoms with E-state index < -0.39 is 5.60 Å². The van der Waals surface area contributed by atoms with Crippen LogP contribution in [0.1, 0.15) is 52.9 Å². The molecule has 2 amide bonds. The van der Waals surface area contributed by atoms with Crippen molar-refractivity contribution in [2.45, 2.75) is 64.6 Å². The highest BCUT2D eigenvalue weighted by atomic mass is 16.6. The highest BCUT2D eigenvalue weighted by molar-refractivity contribution is 5.81.